The Morgan fingerprint density at radius 2 is 2.06 bits per heavy atom. The van der Waals surface area contributed by atoms with Crippen LogP contribution in [0.15, 0.2) is 29.4 Å². The first-order valence-corrected chi connectivity index (χ1v) is 6.01. The second-order valence-corrected chi connectivity index (χ2v) is 4.38. The van der Waals surface area contributed by atoms with Gasteiger partial charge in [-0.15, -0.1) is 0 Å². The van der Waals surface area contributed by atoms with Gasteiger partial charge in [-0.25, -0.2) is 4.39 Å². The molecular weight excluding hydrogens is 233 g/mol. The van der Waals surface area contributed by atoms with E-state index in [4.69, 9.17) is 10.9 Å². The fourth-order valence-corrected chi connectivity index (χ4v) is 1.73. The van der Waals surface area contributed by atoms with Crippen molar-refractivity contribution in [3.8, 4) is 0 Å². The van der Waals surface area contributed by atoms with Crippen LogP contribution in [-0.2, 0) is 6.54 Å². The zero-order chi connectivity index (χ0) is 13.5. The normalized spacial score (nSPS) is 13.9. The van der Waals surface area contributed by atoms with Gasteiger partial charge in [0.25, 0.3) is 0 Å². The van der Waals surface area contributed by atoms with Crippen LogP contribution in [0.4, 0.5) is 4.39 Å². The molecule has 0 spiro atoms. The maximum absolute atomic E-state index is 12.8. The van der Waals surface area contributed by atoms with Gasteiger partial charge in [0.05, 0.1) is 0 Å². The molecule has 0 amide bonds. The third-order valence-electron chi connectivity index (χ3n) is 2.92. The van der Waals surface area contributed by atoms with Crippen molar-refractivity contribution in [2.24, 2.45) is 16.8 Å². The molecule has 0 saturated carbocycles. The fraction of sp³-hybridized carbons (Fsp3) is 0.462. The van der Waals surface area contributed by atoms with Gasteiger partial charge < -0.3 is 10.9 Å². The Morgan fingerprint density at radius 3 is 2.56 bits per heavy atom. The molecule has 1 aromatic rings. The quantitative estimate of drug-likeness (QED) is 0.353. The van der Waals surface area contributed by atoms with Gasteiger partial charge in [-0.1, -0.05) is 31.1 Å². The van der Waals surface area contributed by atoms with Gasteiger partial charge in [0, 0.05) is 19.0 Å². The van der Waals surface area contributed by atoms with Gasteiger partial charge in [-0.2, -0.15) is 0 Å². The van der Waals surface area contributed by atoms with Gasteiger partial charge in [0.15, 0.2) is 0 Å². The van der Waals surface area contributed by atoms with E-state index in [9.17, 15) is 4.39 Å². The molecule has 0 bridgehead atoms. The molecule has 1 atom stereocenters. The summed E-state index contributed by atoms with van der Waals surface area (Å²) in [5.74, 6) is -0.0187. The van der Waals surface area contributed by atoms with E-state index in [2.05, 4.69) is 10.1 Å². The van der Waals surface area contributed by atoms with Crippen molar-refractivity contribution in [3.63, 3.8) is 0 Å². The molecule has 0 heterocycles. The first-order chi connectivity index (χ1) is 8.56. The molecule has 1 rings (SSSR count). The van der Waals surface area contributed by atoms with E-state index in [1.165, 1.54) is 12.1 Å². The molecule has 0 aliphatic heterocycles. The highest BCUT2D eigenvalue weighted by molar-refractivity contribution is 5.82. The number of nitrogens with two attached hydrogens (primary N) is 1. The number of nitrogens with zero attached hydrogens (tertiary/aromatic N) is 2. The maximum Gasteiger partial charge on any atom is 0.143 e. The lowest BCUT2D eigenvalue weighted by atomic mass is 10.1. The van der Waals surface area contributed by atoms with E-state index in [0.717, 1.165) is 18.7 Å². The molecule has 3 N–H and O–H groups in total. The Bertz CT molecular complexity index is 392. The van der Waals surface area contributed by atoms with Gasteiger partial charge in [0.1, 0.15) is 11.7 Å². The lowest BCUT2D eigenvalue weighted by molar-refractivity contribution is 0.257. The molecule has 0 saturated heterocycles. The third kappa shape index (κ3) is 4.33. The highest BCUT2D eigenvalue weighted by Gasteiger charge is 2.12. The second kappa shape index (κ2) is 6.96. The molecule has 100 valence electrons. The fourth-order valence-electron chi connectivity index (χ4n) is 1.73. The van der Waals surface area contributed by atoms with Crippen LogP contribution < -0.4 is 5.73 Å². The predicted molar refractivity (Wildman–Crippen MR) is 69.9 cm³/mol. The number of hydrogen-bond donors (Lipinski definition) is 2. The lowest BCUT2D eigenvalue weighted by Gasteiger charge is -2.23. The number of oxime groups is 1. The molecule has 0 fully saturated rings. The highest BCUT2D eigenvalue weighted by Crippen LogP contribution is 2.09. The number of hydrogen-bond acceptors (Lipinski definition) is 3. The summed E-state index contributed by atoms with van der Waals surface area (Å²) < 4.78 is 12.8. The summed E-state index contributed by atoms with van der Waals surface area (Å²) in [5.41, 5.74) is 6.60. The van der Waals surface area contributed by atoms with Crippen LogP contribution >= 0.6 is 0 Å². The molecule has 18 heavy (non-hydrogen) atoms. The van der Waals surface area contributed by atoms with Gasteiger partial charge in [-0.3, -0.25) is 4.90 Å². The largest absolute Gasteiger partial charge is 0.409 e. The average Bonchev–Trinajstić information content (AvgIpc) is 2.39. The molecule has 0 aliphatic rings. The molecule has 5 heteroatoms. The van der Waals surface area contributed by atoms with E-state index >= 15 is 0 Å². The van der Waals surface area contributed by atoms with Crippen molar-refractivity contribution in [2.75, 3.05) is 13.1 Å². The van der Waals surface area contributed by atoms with Crippen molar-refractivity contribution in [2.45, 2.75) is 20.4 Å². The summed E-state index contributed by atoms with van der Waals surface area (Å²) >= 11 is 0. The summed E-state index contributed by atoms with van der Waals surface area (Å²) in [5, 5.41) is 11.6. The number of rotatable bonds is 6. The third-order valence-corrected chi connectivity index (χ3v) is 2.92. The summed E-state index contributed by atoms with van der Waals surface area (Å²) in [7, 11) is 0. The molecular formula is C13H20FN3O. The molecule has 1 aromatic carbocycles. The smallest absolute Gasteiger partial charge is 0.143 e. The van der Waals surface area contributed by atoms with Crippen molar-refractivity contribution in [1.29, 1.82) is 0 Å². The van der Waals surface area contributed by atoms with Crippen molar-refractivity contribution in [3.05, 3.63) is 35.6 Å². The Kier molecular flexibility index (Phi) is 5.58. The average molecular weight is 253 g/mol. The summed E-state index contributed by atoms with van der Waals surface area (Å²) in [6.07, 6.45) is 0. The molecule has 0 radical (unpaired) electrons. The van der Waals surface area contributed by atoms with E-state index in [1.54, 1.807) is 12.1 Å². The van der Waals surface area contributed by atoms with E-state index in [-0.39, 0.29) is 17.6 Å². The van der Waals surface area contributed by atoms with Crippen LogP contribution in [0, 0.1) is 11.7 Å². The Hall–Kier alpha value is -1.62. The van der Waals surface area contributed by atoms with Crippen molar-refractivity contribution >= 4 is 5.84 Å². The molecule has 0 aliphatic carbocycles. The van der Waals surface area contributed by atoms with Crippen LogP contribution in [0.3, 0.4) is 0 Å². The summed E-state index contributed by atoms with van der Waals surface area (Å²) in [6.45, 7) is 6.22. The Balaban J connectivity index is 2.59. The first-order valence-electron chi connectivity index (χ1n) is 6.01. The minimum atomic E-state index is -0.230. The highest BCUT2D eigenvalue weighted by atomic mass is 19.1. The minimum absolute atomic E-state index is 0.0181. The van der Waals surface area contributed by atoms with E-state index in [1.807, 2.05) is 13.8 Å². The maximum atomic E-state index is 12.8. The number of benzene rings is 1. The van der Waals surface area contributed by atoms with Gasteiger partial charge in [0.2, 0.25) is 0 Å². The number of halogens is 1. The topological polar surface area (TPSA) is 61.8 Å². The van der Waals surface area contributed by atoms with Gasteiger partial charge in [-0.05, 0) is 24.2 Å². The van der Waals surface area contributed by atoms with Crippen LogP contribution in [0.1, 0.15) is 19.4 Å². The van der Waals surface area contributed by atoms with E-state index in [0.29, 0.717) is 6.54 Å². The monoisotopic (exact) mass is 253 g/mol. The van der Waals surface area contributed by atoms with Crippen molar-refractivity contribution < 1.29 is 9.60 Å². The summed E-state index contributed by atoms with van der Waals surface area (Å²) in [6, 6.07) is 6.45. The van der Waals surface area contributed by atoms with Crippen LogP contribution in [0.2, 0.25) is 0 Å². The first kappa shape index (κ1) is 14.4. The van der Waals surface area contributed by atoms with Crippen LogP contribution in [-0.4, -0.2) is 29.0 Å². The SMILES string of the molecule is CCN(Cc1ccc(F)cc1)CC(C)/C(N)=N/O. The molecule has 0 aromatic heterocycles. The van der Waals surface area contributed by atoms with Gasteiger partial charge >= 0.3 is 0 Å². The summed E-state index contributed by atoms with van der Waals surface area (Å²) in [4.78, 5) is 2.16. The predicted octanol–water partition coefficient (Wildman–Crippen LogP) is 2.03. The van der Waals surface area contributed by atoms with Crippen LogP contribution in [0.5, 0.6) is 0 Å². The minimum Gasteiger partial charge on any atom is -0.409 e. The Morgan fingerprint density at radius 1 is 1.44 bits per heavy atom. The second-order valence-electron chi connectivity index (χ2n) is 4.38. The zero-order valence-electron chi connectivity index (χ0n) is 10.8. The Labute approximate surface area is 107 Å². The number of amidine groups is 1. The molecule has 4 nitrogen and oxygen atoms in total. The standard InChI is InChI=1S/C13H20FN3O/c1-3-17(8-10(2)13(15)16-18)9-11-4-6-12(14)7-5-11/h4-7,10,18H,3,8-9H2,1-2H3,(H2,15,16). The van der Waals surface area contributed by atoms with E-state index < -0.39 is 0 Å². The van der Waals surface area contributed by atoms with Crippen molar-refractivity contribution in [1.82, 2.24) is 4.90 Å². The van der Waals surface area contributed by atoms with Crippen LogP contribution in [0.25, 0.3) is 0 Å². The lowest BCUT2D eigenvalue weighted by Crippen LogP contribution is -2.34. The molecule has 1 unspecified atom stereocenters. The zero-order valence-corrected chi connectivity index (χ0v) is 10.8.